The van der Waals surface area contributed by atoms with Crippen molar-refractivity contribution in [1.82, 2.24) is 14.5 Å². The van der Waals surface area contributed by atoms with E-state index in [1.54, 1.807) is 10.7 Å². The zero-order valence-electron chi connectivity index (χ0n) is 13.8. The van der Waals surface area contributed by atoms with Crippen LogP contribution in [0.3, 0.4) is 0 Å². The minimum Gasteiger partial charge on any atom is -0.506 e. The van der Waals surface area contributed by atoms with Gasteiger partial charge >= 0.3 is 0 Å². The molecule has 25 heavy (non-hydrogen) atoms. The number of aliphatic hydroxyl groups excluding tert-OH is 1. The SMILES string of the molecule is CN(C)CCOc1nn2ccccc2c1/N=C1\C=C(Cl)C(=O)C=C1O. The average Bonchev–Trinajstić information content (AvgIpc) is 2.90. The van der Waals surface area contributed by atoms with Crippen LogP contribution in [0.5, 0.6) is 5.88 Å². The predicted octanol–water partition coefficient (Wildman–Crippen LogP) is 2.49. The predicted molar refractivity (Wildman–Crippen MR) is 96.0 cm³/mol. The molecule has 130 valence electrons. The normalized spacial score (nSPS) is 16.5. The summed E-state index contributed by atoms with van der Waals surface area (Å²) in [6.45, 7) is 1.15. The zero-order chi connectivity index (χ0) is 18.0. The van der Waals surface area contributed by atoms with Gasteiger partial charge in [-0.3, -0.25) is 4.79 Å². The van der Waals surface area contributed by atoms with Gasteiger partial charge in [-0.2, -0.15) is 0 Å². The Labute approximate surface area is 149 Å². The summed E-state index contributed by atoms with van der Waals surface area (Å²) in [5, 5.41) is 14.4. The van der Waals surface area contributed by atoms with Crippen LogP contribution in [0.1, 0.15) is 0 Å². The maximum Gasteiger partial charge on any atom is 0.260 e. The number of aliphatic imine (C=N–C) groups is 1. The molecule has 0 atom stereocenters. The number of aromatic nitrogens is 2. The molecule has 0 aliphatic heterocycles. The van der Waals surface area contributed by atoms with Gasteiger partial charge in [0.2, 0.25) is 5.78 Å². The Kier molecular flexibility index (Phi) is 4.87. The summed E-state index contributed by atoms with van der Waals surface area (Å²) in [5.41, 5.74) is 1.36. The van der Waals surface area contributed by atoms with Crippen LogP contribution in [0, 0.1) is 0 Å². The first kappa shape index (κ1) is 17.2. The van der Waals surface area contributed by atoms with Crippen LogP contribution < -0.4 is 4.74 Å². The van der Waals surface area contributed by atoms with Crippen LogP contribution >= 0.6 is 11.6 Å². The van der Waals surface area contributed by atoms with Crippen molar-refractivity contribution in [1.29, 1.82) is 0 Å². The highest BCUT2D eigenvalue weighted by Gasteiger charge is 2.20. The van der Waals surface area contributed by atoms with Crippen LogP contribution in [-0.4, -0.2) is 58.4 Å². The highest BCUT2D eigenvalue weighted by atomic mass is 35.5. The van der Waals surface area contributed by atoms with E-state index in [2.05, 4.69) is 10.1 Å². The average molecular weight is 361 g/mol. The number of ether oxygens (including phenoxy) is 1. The Bertz CT molecular complexity index is 912. The second-order valence-corrected chi connectivity index (χ2v) is 6.13. The fourth-order valence-corrected chi connectivity index (χ4v) is 2.39. The van der Waals surface area contributed by atoms with E-state index < -0.39 is 5.78 Å². The van der Waals surface area contributed by atoms with Gasteiger partial charge in [0.1, 0.15) is 18.1 Å². The number of ketones is 1. The molecule has 0 saturated carbocycles. The first-order valence-corrected chi connectivity index (χ1v) is 7.99. The quantitative estimate of drug-likeness (QED) is 0.829. The van der Waals surface area contributed by atoms with Gasteiger partial charge < -0.3 is 14.7 Å². The third kappa shape index (κ3) is 3.72. The zero-order valence-corrected chi connectivity index (χ0v) is 14.6. The molecule has 0 saturated heterocycles. The van der Waals surface area contributed by atoms with Crippen molar-refractivity contribution in [3.8, 4) is 5.88 Å². The molecule has 1 N–H and O–H groups in total. The minimum atomic E-state index is -0.458. The van der Waals surface area contributed by atoms with Crippen molar-refractivity contribution in [2.75, 3.05) is 27.2 Å². The van der Waals surface area contributed by atoms with Crippen LogP contribution in [-0.2, 0) is 4.79 Å². The van der Waals surface area contributed by atoms with Crippen molar-refractivity contribution >= 4 is 34.3 Å². The number of carbonyl (C=O) groups is 1. The molecular weight excluding hydrogens is 344 g/mol. The molecule has 0 fully saturated rings. The van der Waals surface area contributed by atoms with E-state index in [0.717, 1.165) is 12.6 Å². The Morgan fingerprint density at radius 2 is 2.16 bits per heavy atom. The number of hydrogen-bond donors (Lipinski definition) is 1. The Morgan fingerprint density at radius 1 is 1.36 bits per heavy atom. The van der Waals surface area contributed by atoms with Crippen LogP contribution in [0.25, 0.3) is 5.52 Å². The number of carbonyl (C=O) groups excluding carboxylic acids is 1. The summed E-state index contributed by atoms with van der Waals surface area (Å²) in [6, 6.07) is 5.53. The van der Waals surface area contributed by atoms with E-state index in [1.165, 1.54) is 6.08 Å². The van der Waals surface area contributed by atoms with Crippen molar-refractivity contribution < 1.29 is 14.6 Å². The fourth-order valence-electron chi connectivity index (χ4n) is 2.23. The maximum absolute atomic E-state index is 11.5. The van der Waals surface area contributed by atoms with E-state index in [-0.39, 0.29) is 16.5 Å². The molecule has 0 aromatic carbocycles. The lowest BCUT2D eigenvalue weighted by molar-refractivity contribution is -0.110. The molecule has 0 unspecified atom stereocenters. The fraction of sp³-hybridized carbons (Fsp3) is 0.235. The molecule has 2 aromatic rings. The summed E-state index contributed by atoms with van der Waals surface area (Å²) in [7, 11) is 3.89. The Hall–Kier alpha value is -2.64. The summed E-state index contributed by atoms with van der Waals surface area (Å²) >= 11 is 5.86. The number of nitrogens with zero attached hydrogens (tertiary/aromatic N) is 4. The first-order chi connectivity index (χ1) is 12.0. The van der Waals surface area contributed by atoms with Gasteiger partial charge in [-0.1, -0.05) is 17.7 Å². The van der Waals surface area contributed by atoms with Gasteiger partial charge in [-0.25, -0.2) is 9.51 Å². The summed E-state index contributed by atoms with van der Waals surface area (Å²) in [4.78, 5) is 17.9. The highest BCUT2D eigenvalue weighted by molar-refractivity contribution is 6.47. The third-order valence-corrected chi connectivity index (χ3v) is 3.82. The van der Waals surface area contributed by atoms with Crippen molar-refractivity contribution in [2.45, 2.75) is 0 Å². The molecule has 2 heterocycles. The number of pyridine rings is 1. The summed E-state index contributed by atoms with van der Waals surface area (Å²) in [6.07, 6.45) is 4.15. The Balaban J connectivity index is 2.03. The van der Waals surface area contributed by atoms with E-state index in [4.69, 9.17) is 16.3 Å². The Morgan fingerprint density at radius 3 is 2.92 bits per heavy atom. The molecule has 0 spiro atoms. The number of halogens is 1. The number of likely N-dealkylation sites (N-methyl/N-ethyl adjacent to an activating group) is 1. The monoisotopic (exact) mass is 360 g/mol. The van der Waals surface area contributed by atoms with E-state index in [0.29, 0.717) is 23.7 Å². The maximum atomic E-state index is 11.5. The molecule has 3 rings (SSSR count). The molecular formula is C17H17ClN4O3. The summed E-state index contributed by atoms with van der Waals surface area (Å²) < 4.78 is 7.40. The van der Waals surface area contributed by atoms with Gasteiger partial charge in [0.15, 0.2) is 5.69 Å². The number of hydrogen-bond acceptors (Lipinski definition) is 6. The topological polar surface area (TPSA) is 79.4 Å². The van der Waals surface area contributed by atoms with Crippen LogP contribution in [0.4, 0.5) is 5.69 Å². The highest BCUT2D eigenvalue weighted by Crippen LogP contribution is 2.33. The number of fused-ring (bicyclic) bond motifs is 1. The van der Waals surface area contributed by atoms with Gasteiger partial charge in [-0.05, 0) is 32.3 Å². The van der Waals surface area contributed by atoms with Gasteiger partial charge in [0, 0.05) is 18.8 Å². The molecule has 0 bridgehead atoms. The van der Waals surface area contributed by atoms with Crippen molar-refractivity contribution in [2.24, 2.45) is 4.99 Å². The number of rotatable bonds is 5. The second-order valence-electron chi connectivity index (χ2n) is 5.72. The number of aliphatic hydroxyl groups is 1. The standard InChI is InChI=1S/C17H17ClN4O3/c1-21(2)7-8-25-17-16(13-5-3-4-6-22(13)20-17)19-12-9-11(18)14(23)10-15(12)24/h3-6,9-10,24H,7-8H2,1-2H3/b19-12+. The van der Waals surface area contributed by atoms with Crippen molar-refractivity contribution in [3.63, 3.8) is 0 Å². The molecule has 0 radical (unpaired) electrons. The summed E-state index contributed by atoms with van der Waals surface area (Å²) in [5.74, 6) is -0.362. The van der Waals surface area contributed by atoms with Gasteiger partial charge in [0.05, 0.1) is 10.5 Å². The van der Waals surface area contributed by atoms with E-state index in [1.807, 2.05) is 37.2 Å². The molecule has 7 nitrogen and oxygen atoms in total. The van der Waals surface area contributed by atoms with Gasteiger partial charge in [-0.15, -0.1) is 5.10 Å². The lowest BCUT2D eigenvalue weighted by Gasteiger charge is -2.10. The molecule has 8 heteroatoms. The second kappa shape index (κ2) is 7.08. The molecule has 1 aliphatic carbocycles. The smallest absolute Gasteiger partial charge is 0.260 e. The van der Waals surface area contributed by atoms with Crippen LogP contribution in [0.15, 0.2) is 52.3 Å². The first-order valence-electron chi connectivity index (χ1n) is 7.62. The van der Waals surface area contributed by atoms with E-state index in [9.17, 15) is 9.90 Å². The van der Waals surface area contributed by atoms with Gasteiger partial charge in [0.25, 0.3) is 5.88 Å². The minimum absolute atomic E-state index is 0.0110. The lowest BCUT2D eigenvalue weighted by atomic mass is 10.1. The number of allylic oxidation sites excluding steroid dienone is 3. The largest absolute Gasteiger partial charge is 0.506 e. The van der Waals surface area contributed by atoms with E-state index >= 15 is 0 Å². The van der Waals surface area contributed by atoms with Crippen molar-refractivity contribution in [3.05, 3.63) is 47.3 Å². The molecule has 1 aliphatic rings. The van der Waals surface area contributed by atoms with Crippen LogP contribution in [0.2, 0.25) is 0 Å². The molecule has 0 amide bonds. The molecule has 2 aromatic heterocycles. The lowest BCUT2D eigenvalue weighted by Crippen LogP contribution is -2.19. The third-order valence-electron chi connectivity index (χ3n) is 3.52.